The van der Waals surface area contributed by atoms with Crippen LogP contribution in [-0.4, -0.2) is 21.7 Å². The molecule has 5 heteroatoms. The lowest BCUT2D eigenvalue weighted by molar-refractivity contribution is 0.345. The Morgan fingerprint density at radius 2 is 2.15 bits per heavy atom. The van der Waals surface area contributed by atoms with Crippen LogP contribution in [-0.2, 0) is 0 Å². The molecule has 4 rings (SSSR count). The van der Waals surface area contributed by atoms with Gasteiger partial charge in [-0.05, 0) is 30.8 Å². The van der Waals surface area contributed by atoms with Gasteiger partial charge in [0.15, 0.2) is 0 Å². The molecule has 0 aliphatic carbocycles. The average Bonchev–Trinajstić information content (AvgIpc) is 3.17. The van der Waals surface area contributed by atoms with E-state index in [0.29, 0.717) is 11.7 Å². The van der Waals surface area contributed by atoms with Gasteiger partial charge in [-0.2, -0.15) is 4.98 Å². The Bertz CT molecular complexity index is 741. The molecule has 100 valence electrons. The van der Waals surface area contributed by atoms with Gasteiger partial charge in [-0.1, -0.05) is 29.4 Å². The van der Waals surface area contributed by atoms with Crippen molar-refractivity contribution in [1.82, 2.24) is 20.4 Å². The van der Waals surface area contributed by atoms with E-state index in [1.807, 2.05) is 24.3 Å². The van der Waals surface area contributed by atoms with E-state index in [1.54, 1.807) is 6.20 Å². The Balaban J connectivity index is 1.79. The zero-order chi connectivity index (χ0) is 13.4. The predicted octanol–water partition coefficient (Wildman–Crippen LogP) is 2.71. The van der Waals surface area contributed by atoms with E-state index in [4.69, 9.17) is 4.52 Å². The second-order valence-corrected chi connectivity index (χ2v) is 4.99. The molecule has 0 unspecified atom stereocenters. The van der Waals surface area contributed by atoms with Crippen LogP contribution in [0.1, 0.15) is 24.8 Å². The molecule has 2 aromatic heterocycles. The summed E-state index contributed by atoms with van der Waals surface area (Å²) < 4.78 is 5.39. The second kappa shape index (κ2) is 4.68. The summed E-state index contributed by atoms with van der Waals surface area (Å²) in [6.45, 7) is 1.01. The van der Waals surface area contributed by atoms with Gasteiger partial charge in [0, 0.05) is 11.6 Å². The number of fused-ring (bicyclic) bond motifs is 1. The van der Waals surface area contributed by atoms with Crippen molar-refractivity contribution >= 4 is 10.8 Å². The van der Waals surface area contributed by atoms with Gasteiger partial charge in [0.25, 0.3) is 0 Å². The molecule has 0 spiro atoms. The molecule has 0 radical (unpaired) electrons. The summed E-state index contributed by atoms with van der Waals surface area (Å²) in [4.78, 5) is 8.92. The third kappa shape index (κ3) is 1.87. The first-order valence-electron chi connectivity index (χ1n) is 6.83. The van der Waals surface area contributed by atoms with Gasteiger partial charge < -0.3 is 9.84 Å². The van der Waals surface area contributed by atoms with Gasteiger partial charge in [-0.15, -0.1) is 0 Å². The molecular formula is C15H14N4O. The van der Waals surface area contributed by atoms with Crippen molar-refractivity contribution < 1.29 is 4.52 Å². The van der Waals surface area contributed by atoms with Crippen molar-refractivity contribution in [1.29, 1.82) is 0 Å². The lowest BCUT2D eigenvalue weighted by Crippen LogP contribution is -2.12. The molecule has 1 fully saturated rings. The minimum atomic E-state index is 0.186. The Hall–Kier alpha value is -2.27. The van der Waals surface area contributed by atoms with Crippen LogP contribution in [0, 0.1) is 0 Å². The minimum absolute atomic E-state index is 0.186. The van der Waals surface area contributed by atoms with Crippen LogP contribution >= 0.6 is 0 Å². The molecular weight excluding hydrogens is 252 g/mol. The van der Waals surface area contributed by atoms with Crippen molar-refractivity contribution in [2.75, 3.05) is 6.54 Å². The molecule has 1 atom stereocenters. The van der Waals surface area contributed by atoms with Crippen LogP contribution < -0.4 is 5.32 Å². The third-order valence-electron chi connectivity index (χ3n) is 3.69. The normalized spacial score (nSPS) is 18.7. The van der Waals surface area contributed by atoms with Gasteiger partial charge in [0.1, 0.15) is 5.69 Å². The highest BCUT2D eigenvalue weighted by atomic mass is 16.5. The first-order valence-corrected chi connectivity index (χ1v) is 6.83. The van der Waals surface area contributed by atoms with Gasteiger partial charge in [-0.3, -0.25) is 4.98 Å². The van der Waals surface area contributed by atoms with Crippen molar-refractivity contribution in [2.24, 2.45) is 0 Å². The van der Waals surface area contributed by atoms with Gasteiger partial charge >= 0.3 is 0 Å². The summed E-state index contributed by atoms with van der Waals surface area (Å²) in [5.41, 5.74) is 0.774. The summed E-state index contributed by atoms with van der Waals surface area (Å²) in [6, 6.07) is 10.3. The number of hydrogen-bond donors (Lipinski definition) is 1. The number of nitrogens with zero attached hydrogens (tertiary/aromatic N) is 3. The maximum Gasteiger partial charge on any atom is 0.244 e. The fraction of sp³-hybridized carbons (Fsp3) is 0.267. The predicted molar refractivity (Wildman–Crippen MR) is 75.0 cm³/mol. The maximum atomic E-state index is 5.39. The molecule has 5 nitrogen and oxygen atoms in total. The number of hydrogen-bond acceptors (Lipinski definition) is 5. The molecule has 0 amide bonds. The summed E-state index contributed by atoms with van der Waals surface area (Å²) in [7, 11) is 0. The fourth-order valence-corrected chi connectivity index (χ4v) is 2.67. The zero-order valence-corrected chi connectivity index (χ0v) is 10.9. The third-order valence-corrected chi connectivity index (χ3v) is 3.69. The first kappa shape index (κ1) is 11.5. The van der Waals surface area contributed by atoms with Crippen molar-refractivity contribution in [2.45, 2.75) is 18.9 Å². The van der Waals surface area contributed by atoms with Crippen LogP contribution in [0.3, 0.4) is 0 Å². The molecule has 3 aromatic rings. The van der Waals surface area contributed by atoms with Crippen molar-refractivity contribution in [3.05, 3.63) is 42.4 Å². The quantitative estimate of drug-likeness (QED) is 0.772. The van der Waals surface area contributed by atoms with E-state index in [-0.39, 0.29) is 6.04 Å². The zero-order valence-electron chi connectivity index (χ0n) is 10.9. The number of nitrogens with one attached hydrogen (secondary N) is 1. The van der Waals surface area contributed by atoms with Gasteiger partial charge in [0.2, 0.25) is 11.7 Å². The van der Waals surface area contributed by atoms with Crippen LogP contribution in [0.2, 0.25) is 0 Å². The van der Waals surface area contributed by atoms with Crippen LogP contribution in [0.5, 0.6) is 0 Å². The van der Waals surface area contributed by atoms with Crippen molar-refractivity contribution in [3.63, 3.8) is 0 Å². The Labute approximate surface area is 116 Å². The molecule has 1 aliphatic heterocycles. The Kier molecular flexibility index (Phi) is 2.70. The van der Waals surface area contributed by atoms with Crippen LogP contribution in [0.4, 0.5) is 0 Å². The van der Waals surface area contributed by atoms with Crippen LogP contribution in [0.15, 0.2) is 41.1 Å². The van der Waals surface area contributed by atoms with Crippen LogP contribution in [0.25, 0.3) is 22.3 Å². The molecule has 3 heterocycles. The largest absolute Gasteiger partial charge is 0.337 e. The molecule has 1 aromatic carbocycles. The Morgan fingerprint density at radius 3 is 3.05 bits per heavy atom. The lowest BCUT2D eigenvalue weighted by atomic mass is 10.1. The monoisotopic (exact) mass is 266 g/mol. The molecule has 1 N–H and O–H groups in total. The summed E-state index contributed by atoms with van der Waals surface area (Å²) in [5.74, 6) is 1.22. The number of benzene rings is 1. The molecule has 0 bridgehead atoms. The summed E-state index contributed by atoms with van der Waals surface area (Å²) in [6.07, 6.45) is 3.97. The average molecular weight is 266 g/mol. The second-order valence-electron chi connectivity index (χ2n) is 4.99. The molecule has 1 aliphatic rings. The first-order chi connectivity index (χ1) is 9.92. The van der Waals surface area contributed by atoms with Crippen molar-refractivity contribution in [3.8, 4) is 11.5 Å². The summed E-state index contributed by atoms with van der Waals surface area (Å²) in [5, 5.41) is 9.62. The minimum Gasteiger partial charge on any atom is -0.337 e. The van der Waals surface area contributed by atoms with Gasteiger partial charge in [0.05, 0.1) is 6.04 Å². The smallest absolute Gasteiger partial charge is 0.244 e. The standard InChI is InChI=1S/C15H14N4O/c1-2-5-11-10(4-1)7-9-17-13(11)14-18-15(20-19-14)12-6-3-8-16-12/h1-2,4-5,7,9,12,16H,3,6,8H2/t12-/m0/s1. The van der Waals surface area contributed by atoms with Gasteiger partial charge in [-0.25, -0.2) is 0 Å². The van der Waals surface area contributed by atoms with E-state index in [9.17, 15) is 0 Å². The lowest BCUT2D eigenvalue weighted by Gasteiger charge is -2.02. The topological polar surface area (TPSA) is 63.8 Å². The molecule has 1 saturated heterocycles. The SMILES string of the molecule is c1ccc2c(-c3noc([C@@H]4CCCN4)n3)nccc2c1. The summed E-state index contributed by atoms with van der Waals surface area (Å²) >= 11 is 0. The number of rotatable bonds is 2. The van der Waals surface area contributed by atoms with E-state index in [0.717, 1.165) is 35.9 Å². The Morgan fingerprint density at radius 1 is 1.20 bits per heavy atom. The highest BCUT2D eigenvalue weighted by Crippen LogP contribution is 2.27. The fourth-order valence-electron chi connectivity index (χ4n) is 2.67. The van der Waals surface area contributed by atoms with E-state index in [2.05, 4.69) is 26.5 Å². The highest BCUT2D eigenvalue weighted by molar-refractivity contribution is 5.92. The highest BCUT2D eigenvalue weighted by Gasteiger charge is 2.23. The maximum absolute atomic E-state index is 5.39. The van der Waals surface area contributed by atoms with E-state index < -0.39 is 0 Å². The van der Waals surface area contributed by atoms with E-state index in [1.165, 1.54) is 0 Å². The van der Waals surface area contributed by atoms with E-state index >= 15 is 0 Å². The number of pyridine rings is 1. The number of aromatic nitrogens is 3. The molecule has 0 saturated carbocycles. The molecule has 20 heavy (non-hydrogen) atoms.